The molecule has 0 radical (unpaired) electrons. The smallest absolute Gasteiger partial charge is 0.273 e. The first-order chi connectivity index (χ1) is 12.8. The molecule has 3 heterocycles. The molecule has 1 saturated heterocycles. The van der Waals surface area contributed by atoms with Gasteiger partial charge in [-0.3, -0.25) is 9.78 Å². The van der Waals surface area contributed by atoms with Crippen molar-refractivity contribution in [2.24, 2.45) is 5.92 Å². The van der Waals surface area contributed by atoms with E-state index in [0.717, 1.165) is 23.9 Å². The number of nitrogens with one attached hydrogen (secondary N) is 1. The van der Waals surface area contributed by atoms with Crippen LogP contribution in [0.3, 0.4) is 0 Å². The van der Waals surface area contributed by atoms with E-state index in [4.69, 9.17) is 13.9 Å². The van der Waals surface area contributed by atoms with Crippen LogP contribution in [0.5, 0.6) is 5.75 Å². The molecule has 3 aromatic rings. The third kappa shape index (κ3) is 3.67. The van der Waals surface area contributed by atoms with E-state index in [-0.39, 0.29) is 18.2 Å². The second-order valence-corrected chi connectivity index (χ2v) is 6.19. The van der Waals surface area contributed by atoms with Gasteiger partial charge in [-0.25, -0.2) is 4.98 Å². The average molecular weight is 353 g/mol. The van der Waals surface area contributed by atoms with Crippen molar-refractivity contribution >= 4 is 16.8 Å². The number of hydrogen-bond donors (Lipinski definition) is 1. The Balaban J connectivity index is 1.36. The third-order valence-corrected chi connectivity index (χ3v) is 4.31. The van der Waals surface area contributed by atoms with Gasteiger partial charge in [-0.05, 0) is 18.6 Å². The molecule has 1 aromatic carbocycles. The minimum absolute atomic E-state index is 0.124. The number of nitrogens with zero attached hydrogens (tertiary/aromatic N) is 2. The molecule has 1 fully saturated rings. The molecule has 0 unspecified atom stereocenters. The summed E-state index contributed by atoms with van der Waals surface area (Å²) < 4.78 is 16.4. The predicted octanol–water partition coefficient (Wildman–Crippen LogP) is 2.57. The Morgan fingerprint density at radius 2 is 2.23 bits per heavy atom. The van der Waals surface area contributed by atoms with Crippen LogP contribution in [0.15, 0.2) is 47.2 Å². The summed E-state index contributed by atoms with van der Waals surface area (Å²) in [6.07, 6.45) is 4.04. The normalized spacial score (nSPS) is 16.7. The highest BCUT2D eigenvalue weighted by molar-refractivity contribution is 5.91. The molecule has 26 heavy (non-hydrogen) atoms. The van der Waals surface area contributed by atoms with Crippen molar-refractivity contribution < 1.29 is 18.7 Å². The zero-order valence-corrected chi connectivity index (χ0v) is 14.2. The van der Waals surface area contributed by atoms with Crippen LogP contribution in [-0.4, -0.2) is 35.6 Å². The van der Waals surface area contributed by atoms with E-state index >= 15 is 0 Å². The molecule has 134 valence electrons. The van der Waals surface area contributed by atoms with Gasteiger partial charge in [0, 0.05) is 30.7 Å². The standard InChI is InChI=1S/C19H19N3O4/c23-19(21-9-13-6-8-24-10-13)15-11-26-17(22-15)12-25-16-5-1-3-14-4-2-7-20-18(14)16/h1-5,7,11,13H,6,8-10,12H2,(H,21,23)/t13-/m0/s1. The number of benzene rings is 1. The molecule has 4 rings (SSSR count). The summed E-state index contributed by atoms with van der Waals surface area (Å²) in [5, 5.41) is 3.85. The maximum Gasteiger partial charge on any atom is 0.273 e. The van der Waals surface area contributed by atoms with Gasteiger partial charge in [0.1, 0.15) is 17.5 Å². The SMILES string of the molecule is O=C(NC[C@@H]1CCOC1)c1coc(COc2cccc3cccnc23)n1. The van der Waals surface area contributed by atoms with Crippen molar-refractivity contribution in [3.63, 3.8) is 0 Å². The number of carbonyl (C=O) groups excluding carboxylic acids is 1. The number of aromatic nitrogens is 2. The Labute approximate surface area is 150 Å². The maximum atomic E-state index is 12.1. The lowest BCUT2D eigenvalue weighted by atomic mass is 10.1. The first kappa shape index (κ1) is 16.5. The van der Waals surface area contributed by atoms with Crippen LogP contribution in [0.2, 0.25) is 0 Å². The van der Waals surface area contributed by atoms with E-state index < -0.39 is 0 Å². The number of ether oxygens (including phenoxy) is 2. The number of pyridine rings is 1. The van der Waals surface area contributed by atoms with Gasteiger partial charge in [0.05, 0.1) is 6.61 Å². The number of para-hydroxylation sites is 1. The summed E-state index contributed by atoms with van der Waals surface area (Å²) in [5.74, 6) is 1.10. The van der Waals surface area contributed by atoms with Crippen LogP contribution >= 0.6 is 0 Å². The Morgan fingerprint density at radius 3 is 3.12 bits per heavy atom. The fourth-order valence-electron chi connectivity index (χ4n) is 2.89. The highest BCUT2D eigenvalue weighted by Gasteiger charge is 2.18. The fraction of sp³-hybridized carbons (Fsp3) is 0.316. The van der Waals surface area contributed by atoms with Crippen molar-refractivity contribution in [1.29, 1.82) is 0 Å². The molecule has 2 aromatic heterocycles. The third-order valence-electron chi connectivity index (χ3n) is 4.31. The summed E-state index contributed by atoms with van der Waals surface area (Å²) in [4.78, 5) is 20.7. The Morgan fingerprint density at radius 1 is 1.31 bits per heavy atom. The van der Waals surface area contributed by atoms with E-state index in [1.807, 2.05) is 30.3 Å². The summed E-state index contributed by atoms with van der Waals surface area (Å²) in [7, 11) is 0. The minimum atomic E-state index is -0.251. The van der Waals surface area contributed by atoms with Crippen LogP contribution in [0.4, 0.5) is 0 Å². The van der Waals surface area contributed by atoms with E-state index in [0.29, 0.717) is 30.7 Å². The van der Waals surface area contributed by atoms with Crippen molar-refractivity contribution in [3.05, 3.63) is 54.4 Å². The van der Waals surface area contributed by atoms with Crippen LogP contribution in [0.25, 0.3) is 10.9 Å². The summed E-state index contributed by atoms with van der Waals surface area (Å²) in [5.41, 5.74) is 1.02. The van der Waals surface area contributed by atoms with Crippen molar-refractivity contribution in [3.8, 4) is 5.75 Å². The highest BCUT2D eigenvalue weighted by Crippen LogP contribution is 2.23. The molecule has 1 aliphatic rings. The minimum Gasteiger partial charge on any atom is -0.482 e. The molecule has 0 bridgehead atoms. The monoisotopic (exact) mass is 353 g/mol. The molecule has 1 N–H and O–H groups in total. The van der Waals surface area contributed by atoms with Gasteiger partial charge < -0.3 is 19.2 Å². The number of amides is 1. The lowest BCUT2D eigenvalue weighted by molar-refractivity contribution is 0.0940. The molecule has 7 heteroatoms. The number of oxazole rings is 1. The van der Waals surface area contributed by atoms with Crippen LogP contribution in [-0.2, 0) is 11.3 Å². The predicted molar refractivity (Wildman–Crippen MR) is 93.8 cm³/mol. The Hall–Kier alpha value is -2.93. The quantitative estimate of drug-likeness (QED) is 0.733. The zero-order chi connectivity index (χ0) is 17.8. The van der Waals surface area contributed by atoms with Crippen molar-refractivity contribution in [2.45, 2.75) is 13.0 Å². The fourth-order valence-corrected chi connectivity index (χ4v) is 2.89. The topological polar surface area (TPSA) is 86.5 Å². The Bertz CT molecular complexity index is 897. The Kier molecular flexibility index (Phi) is 4.79. The van der Waals surface area contributed by atoms with Gasteiger partial charge >= 0.3 is 0 Å². The maximum absolute atomic E-state index is 12.1. The van der Waals surface area contributed by atoms with E-state index in [1.54, 1.807) is 6.20 Å². The largest absolute Gasteiger partial charge is 0.482 e. The van der Waals surface area contributed by atoms with Gasteiger partial charge in [0.2, 0.25) is 5.89 Å². The zero-order valence-electron chi connectivity index (χ0n) is 14.2. The molecular weight excluding hydrogens is 334 g/mol. The van der Waals surface area contributed by atoms with Gasteiger partial charge in [-0.1, -0.05) is 18.2 Å². The number of fused-ring (bicyclic) bond motifs is 1. The van der Waals surface area contributed by atoms with E-state index in [1.165, 1.54) is 6.26 Å². The number of carbonyl (C=O) groups is 1. The number of rotatable bonds is 6. The van der Waals surface area contributed by atoms with Gasteiger partial charge in [0.25, 0.3) is 5.91 Å². The van der Waals surface area contributed by atoms with Crippen LogP contribution < -0.4 is 10.1 Å². The highest BCUT2D eigenvalue weighted by atomic mass is 16.5. The van der Waals surface area contributed by atoms with Gasteiger partial charge in [0.15, 0.2) is 12.3 Å². The molecule has 7 nitrogen and oxygen atoms in total. The molecule has 0 saturated carbocycles. The summed E-state index contributed by atoms with van der Waals surface area (Å²) in [6.45, 7) is 2.16. The first-order valence-electron chi connectivity index (χ1n) is 8.56. The van der Waals surface area contributed by atoms with E-state index in [9.17, 15) is 4.79 Å². The first-order valence-corrected chi connectivity index (χ1v) is 8.56. The molecule has 1 atom stereocenters. The second-order valence-electron chi connectivity index (χ2n) is 6.19. The van der Waals surface area contributed by atoms with Gasteiger partial charge in [-0.2, -0.15) is 0 Å². The van der Waals surface area contributed by atoms with Gasteiger partial charge in [-0.15, -0.1) is 0 Å². The molecule has 1 amide bonds. The van der Waals surface area contributed by atoms with Crippen LogP contribution in [0.1, 0.15) is 22.8 Å². The van der Waals surface area contributed by atoms with Crippen LogP contribution in [0, 0.1) is 5.92 Å². The molecular formula is C19H19N3O4. The lowest BCUT2D eigenvalue weighted by Crippen LogP contribution is -2.29. The average Bonchev–Trinajstić information content (AvgIpc) is 3.36. The number of hydrogen-bond acceptors (Lipinski definition) is 6. The van der Waals surface area contributed by atoms with Crippen molar-refractivity contribution in [1.82, 2.24) is 15.3 Å². The molecule has 1 aliphatic heterocycles. The summed E-state index contributed by atoms with van der Waals surface area (Å²) in [6, 6.07) is 9.56. The lowest BCUT2D eigenvalue weighted by Gasteiger charge is -2.07. The second kappa shape index (κ2) is 7.53. The van der Waals surface area contributed by atoms with Crippen molar-refractivity contribution in [2.75, 3.05) is 19.8 Å². The van der Waals surface area contributed by atoms with E-state index in [2.05, 4.69) is 15.3 Å². The summed E-state index contributed by atoms with van der Waals surface area (Å²) >= 11 is 0. The molecule has 0 spiro atoms. The molecule has 0 aliphatic carbocycles.